The lowest BCUT2D eigenvalue weighted by atomic mass is 10.1. The minimum Gasteiger partial charge on any atom is -0.483 e. The number of hydrogen-bond donors (Lipinski definition) is 2. The van der Waals surface area contributed by atoms with Crippen LogP contribution in [0.4, 0.5) is 9.18 Å². The number of urea groups is 1. The van der Waals surface area contributed by atoms with Gasteiger partial charge in [-0.3, -0.25) is 14.7 Å². The minimum atomic E-state index is -0.917. The van der Waals surface area contributed by atoms with Crippen LogP contribution >= 0.6 is 11.8 Å². The van der Waals surface area contributed by atoms with Gasteiger partial charge in [0.05, 0.1) is 5.25 Å². The Labute approximate surface area is 183 Å². The van der Waals surface area contributed by atoms with E-state index in [9.17, 15) is 14.0 Å². The van der Waals surface area contributed by atoms with Crippen molar-refractivity contribution >= 4 is 23.7 Å². The predicted molar refractivity (Wildman–Crippen MR) is 114 cm³/mol. The quantitative estimate of drug-likeness (QED) is 0.517. The number of carbonyl (C=O) groups is 2. The lowest BCUT2D eigenvalue weighted by Gasteiger charge is -2.19. The first-order valence-electron chi connectivity index (χ1n) is 9.50. The number of benzene rings is 2. The number of halogens is 1. The summed E-state index contributed by atoms with van der Waals surface area (Å²) in [6.45, 7) is 3.66. The maximum absolute atomic E-state index is 13.9. The number of para-hydroxylation sites is 2. The van der Waals surface area contributed by atoms with Crippen LogP contribution in [0.15, 0.2) is 59.8 Å². The fourth-order valence-corrected chi connectivity index (χ4v) is 3.88. The highest BCUT2D eigenvalue weighted by Gasteiger charge is 2.28. The summed E-state index contributed by atoms with van der Waals surface area (Å²) in [5.74, 6) is -0.594. The van der Waals surface area contributed by atoms with Crippen molar-refractivity contribution in [2.45, 2.75) is 30.9 Å². The van der Waals surface area contributed by atoms with Crippen LogP contribution in [0.2, 0.25) is 0 Å². The molecule has 3 amide bonds. The number of rotatable bonds is 8. The molecule has 1 aromatic heterocycles. The smallest absolute Gasteiger partial charge is 0.318 e. The van der Waals surface area contributed by atoms with Gasteiger partial charge in [0.1, 0.15) is 6.61 Å². The monoisotopic (exact) mass is 443 g/mol. The van der Waals surface area contributed by atoms with Gasteiger partial charge in [-0.05, 0) is 30.2 Å². The van der Waals surface area contributed by atoms with Gasteiger partial charge in [-0.2, -0.15) is 0 Å². The van der Waals surface area contributed by atoms with Crippen LogP contribution in [0.5, 0.6) is 5.75 Å². The van der Waals surface area contributed by atoms with Gasteiger partial charge in [0, 0.05) is 5.69 Å². The number of carbonyl (C=O) groups excluding carboxylic acids is 2. The lowest BCUT2D eigenvalue weighted by molar-refractivity contribution is -0.120. The van der Waals surface area contributed by atoms with Gasteiger partial charge in [0.2, 0.25) is 5.91 Å². The molecule has 1 heterocycles. The summed E-state index contributed by atoms with van der Waals surface area (Å²) >= 11 is 1.15. The fraction of sp³-hybridized carbons (Fsp3) is 0.238. The van der Waals surface area contributed by atoms with E-state index in [1.807, 2.05) is 44.2 Å². The first-order valence-corrected chi connectivity index (χ1v) is 10.4. The lowest BCUT2D eigenvalue weighted by Crippen LogP contribution is -2.42. The number of nitrogens with zero attached hydrogens (tertiary/aromatic N) is 3. The van der Waals surface area contributed by atoms with Gasteiger partial charge < -0.3 is 10.5 Å². The summed E-state index contributed by atoms with van der Waals surface area (Å²) < 4.78 is 21.3. The highest BCUT2D eigenvalue weighted by molar-refractivity contribution is 8.00. The first kappa shape index (κ1) is 22.3. The molecule has 0 radical (unpaired) electrons. The van der Waals surface area contributed by atoms with Crippen molar-refractivity contribution in [2.75, 3.05) is 0 Å². The van der Waals surface area contributed by atoms with Crippen LogP contribution in [0.25, 0.3) is 5.69 Å². The predicted octanol–water partition coefficient (Wildman–Crippen LogP) is 3.30. The third-order valence-electron chi connectivity index (χ3n) is 4.25. The average molecular weight is 444 g/mol. The summed E-state index contributed by atoms with van der Waals surface area (Å²) in [5, 5.41) is 10.3. The molecule has 10 heteroatoms. The van der Waals surface area contributed by atoms with Crippen LogP contribution in [0.1, 0.15) is 19.7 Å². The molecule has 3 aromatic rings. The molecule has 0 bridgehead atoms. The molecule has 0 aliphatic rings. The zero-order valence-corrected chi connectivity index (χ0v) is 17.8. The summed E-state index contributed by atoms with van der Waals surface area (Å²) in [5.41, 5.74) is 5.85. The Balaban J connectivity index is 1.92. The number of primary amides is 1. The zero-order valence-electron chi connectivity index (χ0n) is 17.0. The van der Waals surface area contributed by atoms with Crippen molar-refractivity contribution in [3.05, 3.63) is 66.2 Å². The standard InChI is InChI=1S/C21H22FN5O3S/c1-13(2)18(19(28)24-20(23)29)31-21-26-25-17(27(21)14-8-4-3-5-9-14)12-30-16-11-7-6-10-15(16)22/h3-11,13,18H,12H2,1-2H3,(H3,23,24,28,29). The molecule has 0 fully saturated rings. The molecular weight excluding hydrogens is 421 g/mol. The van der Waals surface area contributed by atoms with Crippen LogP contribution in [0, 0.1) is 11.7 Å². The Morgan fingerprint density at radius 1 is 1.13 bits per heavy atom. The Kier molecular flexibility index (Phi) is 7.24. The van der Waals surface area contributed by atoms with Crippen molar-refractivity contribution in [3.8, 4) is 11.4 Å². The number of hydrogen-bond acceptors (Lipinski definition) is 6. The SMILES string of the molecule is CC(C)C(Sc1nnc(COc2ccccc2F)n1-c1ccccc1)C(=O)NC(N)=O. The molecule has 1 atom stereocenters. The van der Waals surface area contributed by atoms with E-state index < -0.39 is 23.0 Å². The maximum Gasteiger partial charge on any atom is 0.318 e. The van der Waals surface area contributed by atoms with Gasteiger partial charge >= 0.3 is 6.03 Å². The van der Waals surface area contributed by atoms with Crippen LogP contribution in [-0.2, 0) is 11.4 Å². The van der Waals surface area contributed by atoms with E-state index in [0.717, 1.165) is 17.4 Å². The largest absolute Gasteiger partial charge is 0.483 e. The van der Waals surface area contributed by atoms with Crippen molar-refractivity contribution in [3.63, 3.8) is 0 Å². The zero-order chi connectivity index (χ0) is 22.4. The Morgan fingerprint density at radius 3 is 2.45 bits per heavy atom. The number of nitrogens with one attached hydrogen (secondary N) is 1. The van der Waals surface area contributed by atoms with Gasteiger partial charge in [-0.15, -0.1) is 10.2 Å². The van der Waals surface area contributed by atoms with E-state index in [2.05, 4.69) is 15.5 Å². The molecule has 1 unspecified atom stereocenters. The third kappa shape index (κ3) is 5.60. The second-order valence-electron chi connectivity index (χ2n) is 6.92. The van der Waals surface area contributed by atoms with Crippen LogP contribution in [-0.4, -0.2) is 32.0 Å². The molecule has 8 nitrogen and oxygen atoms in total. The van der Waals surface area contributed by atoms with Crippen molar-refractivity contribution < 1.29 is 18.7 Å². The summed E-state index contributed by atoms with van der Waals surface area (Å²) in [6, 6.07) is 14.4. The van der Waals surface area contributed by atoms with Gasteiger partial charge in [0.15, 0.2) is 22.5 Å². The first-order chi connectivity index (χ1) is 14.9. The number of imide groups is 1. The highest BCUT2D eigenvalue weighted by Crippen LogP contribution is 2.30. The third-order valence-corrected chi connectivity index (χ3v) is 5.74. The molecule has 3 N–H and O–H groups in total. The molecule has 3 rings (SSSR count). The van der Waals surface area contributed by atoms with E-state index in [1.54, 1.807) is 16.7 Å². The van der Waals surface area contributed by atoms with Gasteiger partial charge in [-0.1, -0.05) is 55.9 Å². The molecule has 0 spiro atoms. The van der Waals surface area contributed by atoms with Crippen LogP contribution < -0.4 is 15.8 Å². The number of amides is 3. The van der Waals surface area contributed by atoms with E-state index >= 15 is 0 Å². The molecule has 0 saturated carbocycles. The molecule has 162 valence electrons. The second-order valence-corrected chi connectivity index (χ2v) is 8.03. The molecular formula is C21H22FN5O3S. The molecule has 0 aliphatic carbocycles. The number of aromatic nitrogens is 3. The van der Waals surface area contributed by atoms with E-state index in [0.29, 0.717) is 11.0 Å². The molecule has 0 aliphatic heterocycles. The topological polar surface area (TPSA) is 112 Å². The average Bonchev–Trinajstić information content (AvgIpc) is 3.13. The molecule has 2 aromatic carbocycles. The molecule has 0 saturated heterocycles. The number of nitrogens with two attached hydrogens (primary N) is 1. The van der Waals surface area contributed by atoms with Crippen molar-refractivity contribution in [2.24, 2.45) is 11.7 Å². The van der Waals surface area contributed by atoms with Gasteiger partial charge in [-0.25, -0.2) is 9.18 Å². The summed E-state index contributed by atoms with van der Waals surface area (Å²) in [6.07, 6.45) is 0. The summed E-state index contributed by atoms with van der Waals surface area (Å²) in [7, 11) is 0. The number of thioether (sulfide) groups is 1. The van der Waals surface area contributed by atoms with Crippen molar-refractivity contribution in [1.82, 2.24) is 20.1 Å². The van der Waals surface area contributed by atoms with E-state index in [4.69, 9.17) is 10.5 Å². The highest BCUT2D eigenvalue weighted by atomic mass is 32.2. The van der Waals surface area contributed by atoms with Gasteiger partial charge in [0.25, 0.3) is 0 Å². The van der Waals surface area contributed by atoms with Crippen LogP contribution in [0.3, 0.4) is 0 Å². The Hall–Kier alpha value is -3.40. The fourth-order valence-electron chi connectivity index (χ4n) is 2.81. The normalized spacial score (nSPS) is 11.9. The summed E-state index contributed by atoms with van der Waals surface area (Å²) in [4.78, 5) is 23.6. The second kappa shape index (κ2) is 10.1. The molecule has 31 heavy (non-hydrogen) atoms. The van der Waals surface area contributed by atoms with Crippen molar-refractivity contribution in [1.29, 1.82) is 0 Å². The van der Waals surface area contributed by atoms with E-state index in [1.165, 1.54) is 12.1 Å². The van der Waals surface area contributed by atoms with E-state index in [-0.39, 0.29) is 18.3 Å². The Bertz CT molecular complexity index is 1060. The Morgan fingerprint density at radius 2 is 1.81 bits per heavy atom. The minimum absolute atomic E-state index is 0.0385. The maximum atomic E-state index is 13.9. The number of ether oxygens (including phenoxy) is 1.